The molecule has 0 saturated carbocycles. The fourth-order valence-electron chi connectivity index (χ4n) is 3.39. The van der Waals surface area contributed by atoms with Crippen molar-refractivity contribution in [3.63, 3.8) is 0 Å². The van der Waals surface area contributed by atoms with Crippen LogP contribution in [0.1, 0.15) is 30.1 Å². The van der Waals surface area contributed by atoms with E-state index in [9.17, 15) is 9.59 Å². The predicted molar refractivity (Wildman–Crippen MR) is 99.5 cm³/mol. The lowest BCUT2D eigenvalue weighted by Crippen LogP contribution is -2.39. The highest BCUT2D eigenvalue weighted by Gasteiger charge is 2.32. The van der Waals surface area contributed by atoms with E-state index in [-0.39, 0.29) is 24.3 Å². The molecule has 1 aromatic heterocycles. The number of carbonyl (C=O) groups excluding carboxylic acids is 2. The number of likely N-dealkylation sites (tertiary alicyclic amines) is 1. The van der Waals surface area contributed by atoms with E-state index in [0.29, 0.717) is 19.5 Å². The van der Waals surface area contributed by atoms with Gasteiger partial charge in [0, 0.05) is 58.3 Å². The van der Waals surface area contributed by atoms with Crippen molar-refractivity contribution in [3.8, 4) is 0 Å². The van der Waals surface area contributed by atoms with Crippen molar-refractivity contribution in [3.05, 3.63) is 54.1 Å². The SMILES string of the molecule is CN(CCCc1nccn1C)C(=O)CN1C[C@H](c2ccccc2)CC1=O. The van der Waals surface area contributed by atoms with Gasteiger partial charge in [-0.05, 0) is 12.0 Å². The molecule has 0 radical (unpaired) electrons. The fraction of sp³-hybridized carbons (Fsp3) is 0.450. The monoisotopic (exact) mass is 354 g/mol. The number of imidazole rings is 1. The summed E-state index contributed by atoms with van der Waals surface area (Å²) >= 11 is 0. The van der Waals surface area contributed by atoms with E-state index in [2.05, 4.69) is 4.98 Å². The van der Waals surface area contributed by atoms with Crippen molar-refractivity contribution in [1.82, 2.24) is 19.4 Å². The molecule has 2 aromatic rings. The zero-order valence-electron chi connectivity index (χ0n) is 15.5. The van der Waals surface area contributed by atoms with E-state index in [1.54, 1.807) is 23.0 Å². The third kappa shape index (κ3) is 4.31. The molecule has 1 saturated heterocycles. The standard InChI is InChI=1S/C20H26N4O2/c1-22-12-10-21-18(22)9-6-11-23(2)20(26)15-24-14-17(13-19(24)25)16-7-4-3-5-8-16/h3-5,7-8,10,12,17H,6,9,11,13-15H2,1-2H3/t17-/m1/s1. The minimum Gasteiger partial charge on any atom is -0.344 e. The molecule has 0 bridgehead atoms. The Bertz CT molecular complexity index is 756. The summed E-state index contributed by atoms with van der Waals surface area (Å²) in [5, 5.41) is 0. The summed E-state index contributed by atoms with van der Waals surface area (Å²) in [4.78, 5) is 32.4. The molecule has 0 aliphatic carbocycles. The summed E-state index contributed by atoms with van der Waals surface area (Å²) in [6.07, 6.45) is 5.88. The fourth-order valence-corrected chi connectivity index (χ4v) is 3.39. The maximum Gasteiger partial charge on any atom is 0.241 e. The lowest BCUT2D eigenvalue weighted by molar-refractivity contribution is -0.137. The summed E-state index contributed by atoms with van der Waals surface area (Å²) < 4.78 is 1.99. The molecule has 1 aliphatic heterocycles. The molecule has 0 spiro atoms. The molecule has 1 aliphatic rings. The summed E-state index contributed by atoms with van der Waals surface area (Å²) in [7, 11) is 3.77. The molecule has 1 atom stereocenters. The molecule has 1 fully saturated rings. The highest BCUT2D eigenvalue weighted by molar-refractivity contribution is 5.86. The number of aromatic nitrogens is 2. The van der Waals surface area contributed by atoms with Crippen molar-refractivity contribution < 1.29 is 9.59 Å². The first kappa shape index (κ1) is 18.2. The third-order valence-electron chi connectivity index (χ3n) is 5.05. The molecular weight excluding hydrogens is 328 g/mol. The molecule has 1 aromatic carbocycles. The average Bonchev–Trinajstić information content (AvgIpc) is 3.21. The molecular formula is C20H26N4O2. The van der Waals surface area contributed by atoms with Crippen LogP contribution in [-0.4, -0.2) is 57.8 Å². The number of benzene rings is 1. The van der Waals surface area contributed by atoms with E-state index >= 15 is 0 Å². The van der Waals surface area contributed by atoms with Crippen LogP contribution in [0.4, 0.5) is 0 Å². The third-order valence-corrected chi connectivity index (χ3v) is 5.05. The minimum atomic E-state index is -0.00750. The van der Waals surface area contributed by atoms with Crippen molar-refractivity contribution in [2.45, 2.75) is 25.2 Å². The minimum absolute atomic E-state index is 0.00750. The first-order valence-corrected chi connectivity index (χ1v) is 9.07. The molecule has 6 heteroatoms. The Morgan fingerprint density at radius 1 is 1.31 bits per heavy atom. The lowest BCUT2D eigenvalue weighted by Gasteiger charge is -2.22. The van der Waals surface area contributed by atoms with Gasteiger partial charge < -0.3 is 14.4 Å². The number of amides is 2. The van der Waals surface area contributed by atoms with Crippen molar-refractivity contribution >= 4 is 11.8 Å². The quantitative estimate of drug-likeness (QED) is 0.762. The highest BCUT2D eigenvalue weighted by atomic mass is 16.2. The maximum absolute atomic E-state index is 12.5. The van der Waals surface area contributed by atoms with E-state index in [1.807, 2.05) is 48.1 Å². The van der Waals surface area contributed by atoms with Gasteiger partial charge in [0.25, 0.3) is 0 Å². The van der Waals surface area contributed by atoms with Gasteiger partial charge in [0.05, 0.1) is 6.54 Å². The number of rotatable bonds is 7. The Kier molecular flexibility index (Phi) is 5.71. The molecule has 138 valence electrons. The normalized spacial score (nSPS) is 16.9. The Balaban J connectivity index is 1.46. The van der Waals surface area contributed by atoms with E-state index in [0.717, 1.165) is 18.7 Å². The van der Waals surface area contributed by atoms with Crippen LogP contribution in [0, 0.1) is 0 Å². The zero-order chi connectivity index (χ0) is 18.5. The van der Waals surface area contributed by atoms with Crippen molar-refractivity contribution in [2.24, 2.45) is 7.05 Å². The van der Waals surface area contributed by atoms with Crippen LogP contribution in [0.5, 0.6) is 0 Å². The molecule has 26 heavy (non-hydrogen) atoms. The molecule has 2 heterocycles. The summed E-state index contributed by atoms with van der Waals surface area (Å²) in [6, 6.07) is 10.0. The Labute approximate surface area is 154 Å². The number of hydrogen-bond acceptors (Lipinski definition) is 3. The van der Waals surface area contributed by atoms with Crippen LogP contribution in [-0.2, 0) is 23.1 Å². The number of hydrogen-bond donors (Lipinski definition) is 0. The average molecular weight is 354 g/mol. The van der Waals surface area contributed by atoms with Crippen LogP contribution in [0.2, 0.25) is 0 Å². The second-order valence-electron chi connectivity index (χ2n) is 6.96. The van der Waals surface area contributed by atoms with Gasteiger partial charge in [-0.25, -0.2) is 4.98 Å². The van der Waals surface area contributed by atoms with Crippen LogP contribution in [0.3, 0.4) is 0 Å². The summed E-state index contributed by atoms with van der Waals surface area (Å²) in [6.45, 7) is 1.45. The smallest absolute Gasteiger partial charge is 0.241 e. The Hall–Kier alpha value is -2.63. The summed E-state index contributed by atoms with van der Waals surface area (Å²) in [5.41, 5.74) is 1.17. The highest BCUT2D eigenvalue weighted by Crippen LogP contribution is 2.27. The number of aryl methyl sites for hydroxylation is 2. The number of nitrogens with zero attached hydrogens (tertiary/aromatic N) is 4. The number of carbonyl (C=O) groups is 2. The van der Waals surface area contributed by atoms with Crippen molar-refractivity contribution in [2.75, 3.05) is 26.7 Å². The molecule has 6 nitrogen and oxygen atoms in total. The van der Waals surface area contributed by atoms with Crippen LogP contribution >= 0.6 is 0 Å². The van der Waals surface area contributed by atoms with Gasteiger partial charge in [-0.2, -0.15) is 0 Å². The van der Waals surface area contributed by atoms with Gasteiger partial charge in [-0.1, -0.05) is 30.3 Å². The van der Waals surface area contributed by atoms with Crippen LogP contribution in [0.25, 0.3) is 0 Å². The van der Waals surface area contributed by atoms with Crippen molar-refractivity contribution in [1.29, 1.82) is 0 Å². The van der Waals surface area contributed by atoms with Gasteiger partial charge >= 0.3 is 0 Å². The lowest BCUT2D eigenvalue weighted by atomic mass is 9.99. The van der Waals surface area contributed by atoms with Gasteiger partial charge in [0.1, 0.15) is 5.82 Å². The van der Waals surface area contributed by atoms with Gasteiger partial charge in [-0.3, -0.25) is 9.59 Å². The first-order valence-electron chi connectivity index (χ1n) is 9.07. The summed E-state index contributed by atoms with van der Waals surface area (Å²) in [5.74, 6) is 1.26. The van der Waals surface area contributed by atoms with Gasteiger partial charge in [0.2, 0.25) is 11.8 Å². The van der Waals surface area contributed by atoms with Crippen LogP contribution in [0.15, 0.2) is 42.7 Å². The molecule has 0 unspecified atom stereocenters. The largest absolute Gasteiger partial charge is 0.344 e. The van der Waals surface area contributed by atoms with Crippen LogP contribution < -0.4 is 0 Å². The van der Waals surface area contributed by atoms with E-state index < -0.39 is 0 Å². The first-order chi connectivity index (χ1) is 12.5. The second-order valence-corrected chi connectivity index (χ2v) is 6.96. The maximum atomic E-state index is 12.5. The van der Waals surface area contributed by atoms with E-state index in [1.165, 1.54) is 5.56 Å². The molecule has 3 rings (SSSR count). The van der Waals surface area contributed by atoms with E-state index in [4.69, 9.17) is 0 Å². The molecule has 2 amide bonds. The topological polar surface area (TPSA) is 58.4 Å². The van der Waals surface area contributed by atoms with Gasteiger partial charge in [0.15, 0.2) is 0 Å². The zero-order valence-corrected chi connectivity index (χ0v) is 15.5. The molecule has 0 N–H and O–H groups in total. The number of likely N-dealkylation sites (N-methyl/N-ethyl adjacent to an activating group) is 1. The Morgan fingerprint density at radius 3 is 2.77 bits per heavy atom. The van der Waals surface area contributed by atoms with Gasteiger partial charge in [-0.15, -0.1) is 0 Å². The Morgan fingerprint density at radius 2 is 2.08 bits per heavy atom. The second kappa shape index (κ2) is 8.17. The predicted octanol–water partition coefficient (Wildman–Crippen LogP) is 1.83.